The molecule has 1 aliphatic carbocycles. The molecule has 0 heterocycles. The van der Waals surface area contributed by atoms with Crippen molar-refractivity contribution in [2.24, 2.45) is 17.1 Å². The Labute approximate surface area is 76.0 Å². The summed E-state index contributed by atoms with van der Waals surface area (Å²) >= 11 is 0. The minimum atomic E-state index is 0.0145. The monoisotopic (exact) mass is 167 g/mol. The zero-order chi connectivity index (χ0) is 9.41. The third kappa shape index (κ3) is 2.10. The van der Waals surface area contributed by atoms with Gasteiger partial charge in [-0.1, -0.05) is 19.9 Å². The lowest BCUT2D eigenvalue weighted by Crippen LogP contribution is -2.46. The fraction of sp³-hybridized carbons (Fsp3) is 0.818. The maximum absolute atomic E-state index is 6.17. The lowest BCUT2D eigenvalue weighted by molar-refractivity contribution is 0.144. The molecule has 3 atom stereocenters. The van der Waals surface area contributed by atoms with Gasteiger partial charge in [-0.25, -0.2) is 0 Å². The van der Waals surface area contributed by atoms with Crippen LogP contribution in [0.1, 0.15) is 40.0 Å². The average molecular weight is 167 g/mol. The van der Waals surface area contributed by atoms with E-state index in [0.29, 0.717) is 0 Å². The molecule has 0 amide bonds. The number of rotatable bonds is 1. The van der Waals surface area contributed by atoms with Crippen molar-refractivity contribution < 1.29 is 0 Å². The third-order valence-electron chi connectivity index (χ3n) is 2.93. The second-order valence-electron chi connectivity index (χ2n) is 5.20. The molecule has 1 aliphatic rings. The van der Waals surface area contributed by atoms with Gasteiger partial charge in [0, 0.05) is 5.54 Å². The van der Waals surface area contributed by atoms with Crippen LogP contribution in [0.15, 0.2) is 12.7 Å². The summed E-state index contributed by atoms with van der Waals surface area (Å²) in [5.41, 5.74) is 6.45. The summed E-state index contributed by atoms with van der Waals surface area (Å²) in [7, 11) is 0. The lowest BCUT2D eigenvalue weighted by atomic mass is 9.64. The highest BCUT2D eigenvalue weighted by Crippen LogP contribution is 2.43. The smallest absolute Gasteiger partial charge is 0.0136 e. The summed E-state index contributed by atoms with van der Waals surface area (Å²) in [5.74, 6) is 0.733. The first kappa shape index (κ1) is 9.79. The molecule has 1 rings (SSSR count). The fourth-order valence-electron chi connectivity index (χ4n) is 2.89. The molecular weight excluding hydrogens is 146 g/mol. The van der Waals surface area contributed by atoms with Crippen LogP contribution >= 0.6 is 0 Å². The average Bonchev–Trinajstić information content (AvgIpc) is 1.82. The van der Waals surface area contributed by atoms with Gasteiger partial charge in [-0.2, -0.15) is 0 Å². The van der Waals surface area contributed by atoms with Crippen molar-refractivity contribution in [3.05, 3.63) is 12.7 Å². The van der Waals surface area contributed by atoms with Crippen molar-refractivity contribution in [1.82, 2.24) is 0 Å². The van der Waals surface area contributed by atoms with Crippen LogP contribution < -0.4 is 5.73 Å². The van der Waals surface area contributed by atoms with Crippen LogP contribution in [0.25, 0.3) is 0 Å². The Morgan fingerprint density at radius 3 is 2.42 bits per heavy atom. The van der Waals surface area contributed by atoms with E-state index in [4.69, 9.17) is 5.73 Å². The van der Waals surface area contributed by atoms with Crippen LogP contribution in [0.5, 0.6) is 0 Å². The number of nitrogens with two attached hydrogens (primary N) is 1. The Kier molecular flexibility index (Phi) is 2.35. The molecule has 0 spiro atoms. The van der Waals surface area contributed by atoms with Crippen molar-refractivity contribution in [1.29, 1.82) is 0 Å². The van der Waals surface area contributed by atoms with Crippen molar-refractivity contribution >= 4 is 0 Å². The molecule has 0 aliphatic heterocycles. The summed E-state index contributed by atoms with van der Waals surface area (Å²) in [6.07, 6.45) is 5.54. The fourth-order valence-corrected chi connectivity index (χ4v) is 2.89. The van der Waals surface area contributed by atoms with E-state index in [1.54, 1.807) is 0 Å². The second-order valence-corrected chi connectivity index (χ2v) is 5.20. The van der Waals surface area contributed by atoms with Crippen LogP contribution in [0.4, 0.5) is 0 Å². The van der Waals surface area contributed by atoms with E-state index in [2.05, 4.69) is 33.4 Å². The highest BCUT2D eigenvalue weighted by molar-refractivity contribution is 5.02. The van der Waals surface area contributed by atoms with E-state index in [1.807, 2.05) is 0 Å². The maximum Gasteiger partial charge on any atom is 0.0136 e. The molecule has 0 bridgehead atoms. The van der Waals surface area contributed by atoms with Gasteiger partial charge in [-0.3, -0.25) is 0 Å². The van der Waals surface area contributed by atoms with Gasteiger partial charge < -0.3 is 5.73 Å². The minimum absolute atomic E-state index is 0.0145. The van der Waals surface area contributed by atoms with Crippen molar-refractivity contribution in [3.63, 3.8) is 0 Å². The first-order valence-electron chi connectivity index (χ1n) is 4.79. The summed E-state index contributed by atoms with van der Waals surface area (Å²) in [6, 6.07) is 0. The lowest BCUT2D eigenvalue weighted by Gasteiger charge is -2.44. The van der Waals surface area contributed by atoms with E-state index in [1.165, 1.54) is 6.42 Å². The SMILES string of the molecule is C=CC1(C)CC(C)CC(C)(N)C1. The molecule has 3 unspecified atom stereocenters. The van der Waals surface area contributed by atoms with E-state index in [-0.39, 0.29) is 11.0 Å². The van der Waals surface area contributed by atoms with Crippen LogP contribution in [-0.4, -0.2) is 5.54 Å². The first-order chi connectivity index (χ1) is 5.37. The number of allylic oxidation sites excluding steroid dienone is 1. The van der Waals surface area contributed by atoms with Gasteiger partial charge in [0.15, 0.2) is 0 Å². The first-order valence-corrected chi connectivity index (χ1v) is 4.79. The van der Waals surface area contributed by atoms with Gasteiger partial charge in [0.2, 0.25) is 0 Å². The van der Waals surface area contributed by atoms with Crippen LogP contribution in [-0.2, 0) is 0 Å². The molecule has 1 heteroatoms. The summed E-state index contributed by atoms with van der Waals surface area (Å²) in [4.78, 5) is 0. The molecule has 0 saturated heterocycles. The topological polar surface area (TPSA) is 26.0 Å². The molecule has 2 N–H and O–H groups in total. The minimum Gasteiger partial charge on any atom is -0.325 e. The van der Waals surface area contributed by atoms with E-state index < -0.39 is 0 Å². The molecule has 0 aromatic rings. The Hall–Kier alpha value is -0.300. The Morgan fingerprint density at radius 2 is 2.00 bits per heavy atom. The zero-order valence-corrected chi connectivity index (χ0v) is 8.56. The summed E-state index contributed by atoms with van der Waals surface area (Å²) < 4.78 is 0. The molecule has 0 aromatic heterocycles. The van der Waals surface area contributed by atoms with E-state index in [0.717, 1.165) is 18.8 Å². The van der Waals surface area contributed by atoms with Gasteiger partial charge in [0.25, 0.3) is 0 Å². The standard InChI is InChI=1S/C11H21N/c1-5-10(3)6-9(2)7-11(4,12)8-10/h5,9H,1,6-8,12H2,2-4H3. The van der Waals surface area contributed by atoms with Gasteiger partial charge in [-0.05, 0) is 37.5 Å². The molecule has 70 valence electrons. The third-order valence-corrected chi connectivity index (χ3v) is 2.93. The van der Waals surface area contributed by atoms with Crippen molar-refractivity contribution in [2.45, 2.75) is 45.6 Å². The van der Waals surface area contributed by atoms with Crippen LogP contribution in [0.3, 0.4) is 0 Å². The van der Waals surface area contributed by atoms with Gasteiger partial charge in [0.1, 0.15) is 0 Å². The molecular formula is C11H21N. The summed E-state index contributed by atoms with van der Waals surface area (Å²) in [6.45, 7) is 10.6. The molecule has 0 radical (unpaired) electrons. The molecule has 0 aromatic carbocycles. The largest absolute Gasteiger partial charge is 0.325 e. The molecule has 12 heavy (non-hydrogen) atoms. The highest BCUT2D eigenvalue weighted by atomic mass is 14.7. The van der Waals surface area contributed by atoms with Crippen molar-refractivity contribution in [2.75, 3.05) is 0 Å². The van der Waals surface area contributed by atoms with Crippen LogP contribution in [0, 0.1) is 11.3 Å². The quantitative estimate of drug-likeness (QED) is 0.597. The molecule has 1 nitrogen and oxygen atoms in total. The maximum atomic E-state index is 6.17. The van der Waals surface area contributed by atoms with Gasteiger partial charge in [0.05, 0.1) is 0 Å². The molecule has 1 saturated carbocycles. The Bertz CT molecular complexity index is 183. The van der Waals surface area contributed by atoms with Gasteiger partial charge in [-0.15, -0.1) is 6.58 Å². The Morgan fingerprint density at radius 1 is 1.42 bits per heavy atom. The van der Waals surface area contributed by atoms with Crippen molar-refractivity contribution in [3.8, 4) is 0 Å². The summed E-state index contributed by atoms with van der Waals surface area (Å²) in [5, 5.41) is 0. The van der Waals surface area contributed by atoms with E-state index in [9.17, 15) is 0 Å². The Balaban J connectivity index is 2.76. The van der Waals surface area contributed by atoms with Gasteiger partial charge >= 0.3 is 0 Å². The van der Waals surface area contributed by atoms with E-state index >= 15 is 0 Å². The highest BCUT2D eigenvalue weighted by Gasteiger charge is 2.37. The predicted molar refractivity (Wildman–Crippen MR) is 53.9 cm³/mol. The molecule has 1 fully saturated rings. The normalized spacial score (nSPS) is 48.8. The number of hydrogen-bond donors (Lipinski definition) is 1. The number of hydrogen-bond acceptors (Lipinski definition) is 1. The predicted octanol–water partition coefficient (Wildman–Crippen LogP) is 2.72. The second kappa shape index (κ2) is 2.88. The van der Waals surface area contributed by atoms with Crippen LogP contribution in [0.2, 0.25) is 0 Å². The zero-order valence-electron chi connectivity index (χ0n) is 8.56.